The predicted molar refractivity (Wildman–Crippen MR) is 99.9 cm³/mol. The fourth-order valence-corrected chi connectivity index (χ4v) is 3.16. The van der Waals surface area contributed by atoms with Crippen molar-refractivity contribution in [3.8, 4) is 0 Å². The minimum atomic E-state index is -0.195. The van der Waals surface area contributed by atoms with Gasteiger partial charge in [0.1, 0.15) is 0 Å². The number of hydrogen-bond acceptors (Lipinski definition) is 2. The van der Waals surface area contributed by atoms with Crippen LogP contribution in [0.25, 0.3) is 0 Å². The molecule has 2 aromatic rings. The summed E-state index contributed by atoms with van der Waals surface area (Å²) in [6.45, 7) is 3.56. The number of likely N-dealkylation sites (tertiary alicyclic amines) is 1. The summed E-state index contributed by atoms with van der Waals surface area (Å²) < 4.78 is 0. The van der Waals surface area contributed by atoms with Crippen molar-refractivity contribution in [2.75, 3.05) is 18.4 Å². The molecule has 1 heterocycles. The molecule has 0 bridgehead atoms. The summed E-state index contributed by atoms with van der Waals surface area (Å²) in [5.41, 5.74) is 2.88. The first-order valence-corrected chi connectivity index (χ1v) is 8.91. The number of rotatable bonds is 3. The molecule has 1 aliphatic heterocycles. The number of nitrogens with zero attached hydrogens (tertiary/aromatic N) is 1. The molecule has 1 N–H and O–H groups in total. The van der Waals surface area contributed by atoms with Gasteiger partial charge in [0.15, 0.2) is 0 Å². The van der Waals surface area contributed by atoms with Crippen LogP contribution in [0.1, 0.15) is 52.0 Å². The molecule has 130 valence electrons. The lowest BCUT2D eigenvalue weighted by molar-refractivity contribution is 0.0761. The van der Waals surface area contributed by atoms with Gasteiger partial charge in [0.25, 0.3) is 11.8 Å². The molecule has 1 aliphatic rings. The Kier molecular flexibility index (Phi) is 5.49. The van der Waals surface area contributed by atoms with E-state index in [4.69, 9.17) is 0 Å². The van der Waals surface area contributed by atoms with E-state index in [-0.39, 0.29) is 11.8 Å². The highest BCUT2D eigenvalue weighted by molar-refractivity contribution is 6.06. The van der Waals surface area contributed by atoms with Gasteiger partial charge in [-0.1, -0.05) is 37.1 Å². The molecule has 2 aromatic carbocycles. The van der Waals surface area contributed by atoms with Crippen molar-refractivity contribution in [3.05, 3.63) is 65.2 Å². The molecule has 4 heteroatoms. The van der Waals surface area contributed by atoms with Crippen LogP contribution in [0.3, 0.4) is 0 Å². The van der Waals surface area contributed by atoms with Crippen LogP contribution in [0.2, 0.25) is 0 Å². The van der Waals surface area contributed by atoms with Gasteiger partial charge in [0.05, 0.1) is 0 Å². The van der Waals surface area contributed by atoms with E-state index in [0.29, 0.717) is 11.1 Å². The summed E-state index contributed by atoms with van der Waals surface area (Å²) in [4.78, 5) is 27.2. The van der Waals surface area contributed by atoms with Crippen molar-refractivity contribution in [3.63, 3.8) is 0 Å². The summed E-state index contributed by atoms with van der Waals surface area (Å²) in [6, 6.07) is 14.7. The van der Waals surface area contributed by atoms with Gasteiger partial charge in [-0.3, -0.25) is 9.59 Å². The second-order valence-corrected chi connectivity index (χ2v) is 6.56. The number of anilines is 1. The van der Waals surface area contributed by atoms with Gasteiger partial charge < -0.3 is 10.2 Å². The SMILES string of the molecule is Cc1ccccc1NC(=O)c1cccc(C(=O)N2CCCCCC2)c1. The molecular weight excluding hydrogens is 312 g/mol. The first-order chi connectivity index (χ1) is 12.1. The van der Waals surface area contributed by atoms with E-state index >= 15 is 0 Å². The summed E-state index contributed by atoms with van der Waals surface area (Å²) in [7, 11) is 0. The zero-order chi connectivity index (χ0) is 17.6. The lowest BCUT2D eigenvalue weighted by atomic mass is 10.1. The largest absolute Gasteiger partial charge is 0.339 e. The van der Waals surface area contributed by atoms with Crippen LogP contribution in [-0.2, 0) is 0 Å². The Bertz CT molecular complexity index is 762. The first kappa shape index (κ1) is 17.2. The number of aryl methyl sites for hydroxylation is 1. The van der Waals surface area contributed by atoms with Crippen molar-refractivity contribution in [1.82, 2.24) is 4.90 Å². The molecule has 4 nitrogen and oxygen atoms in total. The fraction of sp³-hybridized carbons (Fsp3) is 0.333. The second-order valence-electron chi connectivity index (χ2n) is 6.56. The average molecular weight is 336 g/mol. The lowest BCUT2D eigenvalue weighted by Gasteiger charge is -2.20. The van der Waals surface area contributed by atoms with Gasteiger partial charge in [0, 0.05) is 29.9 Å². The number of carbonyl (C=O) groups is 2. The number of benzene rings is 2. The Morgan fingerprint density at radius 1 is 0.880 bits per heavy atom. The highest BCUT2D eigenvalue weighted by Crippen LogP contribution is 2.17. The summed E-state index contributed by atoms with van der Waals surface area (Å²) >= 11 is 0. The molecule has 0 unspecified atom stereocenters. The Hall–Kier alpha value is -2.62. The van der Waals surface area contributed by atoms with Crippen molar-refractivity contribution in [1.29, 1.82) is 0 Å². The normalized spacial score (nSPS) is 14.7. The van der Waals surface area contributed by atoms with E-state index < -0.39 is 0 Å². The molecule has 0 atom stereocenters. The third-order valence-electron chi connectivity index (χ3n) is 4.66. The van der Waals surface area contributed by atoms with Gasteiger partial charge >= 0.3 is 0 Å². The molecule has 0 spiro atoms. The van der Waals surface area contributed by atoms with Crippen LogP contribution in [0.5, 0.6) is 0 Å². The van der Waals surface area contributed by atoms with Gasteiger partial charge in [-0.25, -0.2) is 0 Å². The van der Waals surface area contributed by atoms with Crippen LogP contribution in [0.4, 0.5) is 5.69 Å². The molecule has 0 saturated carbocycles. The molecule has 0 aromatic heterocycles. The highest BCUT2D eigenvalue weighted by Gasteiger charge is 2.18. The molecule has 1 fully saturated rings. The number of carbonyl (C=O) groups excluding carboxylic acids is 2. The summed E-state index contributed by atoms with van der Waals surface area (Å²) in [5.74, 6) is -0.174. The zero-order valence-electron chi connectivity index (χ0n) is 14.6. The smallest absolute Gasteiger partial charge is 0.255 e. The quantitative estimate of drug-likeness (QED) is 0.910. The predicted octanol–water partition coefficient (Wildman–Crippen LogP) is 4.26. The minimum absolute atomic E-state index is 0.0208. The average Bonchev–Trinajstić information content (AvgIpc) is 2.92. The number of amides is 2. The van der Waals surface area contributed by atoms with E-state index in [1.807, 2.05) is 36.1 Å². The Morgan fingerprint density at radius 3 is 2.28 bits per heavy atom. The van der Waals surface area contributed by atoms with Gasteiger partial charge in [-0.15, -0.1) is 0 Å². The molecule has 25 heavy (non-hydrogen) atoms. The van der Waals surface area contributed by atoms with Gasteiger partial charge in [0.2, 0.25) is 0 Å². The maximum Gasteiger partial charge on any atom is 0.255 e. The Morgan fingerprint density at radius 2 is 1.56 bits per heavy atom. The van der Waals surface area contributed by atoms with Crippen LogP contribution >= 0.6 is 0 Å². The number of hydrogen-bond donors (Lipinski definition) is 1. The van der Waals surface area contributed by atoms with Crippen LogP contribution in [0.15, 0.2) is 48.5 Å². The fourth-order valence-electron chi connectivity index (χ4n) is 3.16. The standard InChI is InChI=1S/C21H24N2O2/c1-16-9-4-5-12-19(16)22-20(24)17-10-8-11-18(15-17)21(25)23-13-6-2-3-7-14-23/h4-5,8-12,15H,2-3,6-7,13-14H2,1H3,(H,22,24). The summed E-state index contributed by atoms with van der Waals surface area (Å²) in [5, 5.41) is 2.92. The van der Waals surface area contributed by atoms with E-state index in [9.17, 15) is 9.59 Å². The molecule has 1 saturated heterocycles. The minimum Gasteiger partial charge on any atom is -0.339 e. The third kappa shape index (κ3) is 4.27. The summed E-state index contributed by atoms with van der Waals surface area (Å²) in [6.07, 6.45) is 4.48. The molecular formula is C21H24N2O2. The van der Waals surface area contributed by atoms with E-state index in [1.165, 1.54) is 12.8 Å². The lowest BCUT2D eigenvalue weighted by Crippen LogP contribution is -2.32. The van der Waals surface area contributed by atoms with Gasteiger partial charge in [-0.05, 0) is 49.6 Å². The van der Waals surface area contributed by atoms with Crippen molar-refractivity contribution < 1.29 is 9.59 Å². The Labute approximate surface area is 148 Å². The maximum atomic E-state index is 12.7. The monoisotopic (exact) mass is 336 g/mol. The number of para-hydroxylation sites is 1. The zero-order valence-corrected chi connectivity index (χ0v) is 14.6. The highest BCUT2D eigenvalue weighted by atomic mass is 16.2. The van der Waals surface area contributed by atoms with E-state index in [2.05, 4.69) is 5.32 Å². The second kappa shape index (κ2) is 7.97. The van der Waals surface area contributed by atoms with Gasteiger partial charge in [-0.2, -0.15) is 0 Å². The Balaban J connectivity index is 1.75. The van der Waals surface area contributed by atoms with Crippen molar-refractivity contribution in [2.45, 2.75) is 32.6 Å². The van der Waals surface area contributed by atoms with E-state index in [0.717, 1.165) is 37.2 Å². The molecule has 0 radical (unpaired) electrons. The number of nitrogens with one attached hydrogen (secondary N) is 1. The maximum absolute atomic E-state index is 12.7. The first-order valence-electron chi connectivity index (χ1n) is 8.91. The van der Waals surface area contributed by atoms with Crippen molar-refractivity contribution in [2.24, 2.45) is 0 Å². The van der Waals surface area contributed by atoms with Crippen LogP contribution < -0.4 is 5.32 Å². The van der Waals surface area contributed by atoms with Crippen LogP contribution in [0, 0.1) is 6.92 Å². The van der Waals surface area contributed by atoms with E-state index in [1.54, 1.807) is 24.3 Å². The molecule has 3 rings (SSSR count). The van der Waals surface area contributed by atoms with Crippen molar-refractivity contribution >= 4 is 17.5 Å². The molecule has 2 amide bonds. The topological polar surface area (TPSA) is 49.4 Å². The van der Waals surface area contributed by atoms with Crippen LogP contribution in [-0.4, -0.2) is 29.8 Å². The third-order valence-corrected chi connectivity index (χ3v) is 4.66. The molecule has 0 aliphatic carbocycles.